The minimum absolute atomic E-state index is 0.503. The number of likely N-dealkylation sites (tertiary alicyclic amines) is 1. The number of aliphatic carboxylic acids is 1. The van der Waals surface area contributed by atoms with E-state index in [0.29, 0.717) is 5.41 Å². The third-order valence-electron chi connectivity index (χ3n) is 5.26. The second-order valence-electron chi connectivity index (χ2n) is 7.23. The summed E-state index contributed by atoms with van der Waals surface area (Å²) in [6.07, 6.45) is 4.31. The molecule has 7 nitrogen and oxygen atoms in total. The Hall–Kier alpha value is -2.27. The molecule has 0 amide bonds. The first-order chi connectivity index (χ1) is 13.8. The number of hydrogen-bond acceptors (Lipinski definition) is 7. The molecule has 2 aliphatic heterocycles. The van der Waals surface area contributed by atoms with Crippen molar-refractivity contribution >= 4 is 23.3 Å². The van der Waals surface area contributed by atoms with Gasteiger partial charge in [0, 0.05) is 43.6 Å². The second kappa shape index (κ2) is 9.04. The van der Waals surface area contributed by atoms with Crippen LogP contribution < -0.4 is 4.90 Å². The Kier molecular flexibility index (Phi) is 6.68. The molecule has 0 atom stereocenters. The molecule has 11 heteroatoms. The SMILES string of the molecule is O=C(O)C(F)(F)F.c1cnc(N2CCC3(CCN(Cc4nccs4)C3)CC2)nc1. The Bertz CT molecular complexity index is 781. The van der Waals surface area contributed by atoms with Crippen molar-refractivity contribution in [2.75, 3.05) is 31.1 Å². The molecule has 0 aliphatic carbocycles. The van der Waals surface area contributed by atoms with Crippen molar-refractivity contribution in [1.29, 1.82) is 0 Å². The highest BCUT2D eigenvalue weighted by Gasteiger charge is 2.41. The first-order valence-electron chi connectivity index (χ1n) is 9.20. The van der Waals surface area contributed by atoms with Gasteiger partial charge < -0.3 is 10.0 Å². The molecule has 0 bridgehead atoms. The van der Waals surface area contributed by atoms with E-state index in [1.165, 1.54) is 37.4 Å². The van der Waals surface area contributed by atoms with Crippen LogP contribution in [0.25, 0.3) is 0 Å². The Balaban J connectivity index is 0.000000298. The van der Waals surface area contributed by atoms with Crippen molar-refractivity contribution in [3.05, 3.63) is 35.0 Å². The van der Waals surface area contributed by atoms with Gasteiger partial charge in [0.25, 0.3) is 0 Å². The minimum Gasteiger partial charge on any atom is -0.475 e. The zero-order chi connectivity index (χ0) is 20.9. The Labute approximate surface area is 170 Å². The van der Waals surface area contributed by atoms with Crippen LogP contribution in [-0.4, -0.2) is 63.3 Å². The topological polar surface area (TPSA) is 82.5 Å². The summed E-state index contributed by atoms with van der Waals surface area (Å²) in [4.78, 5) is 27.0. The molecule has 2 aliphatic rings. The summed E-state index contributed by atoms with van der Waals surface area (Å²) in [6, 6.07) is 1.88. The molecule has 2 saturated heterocycles. The number of nitrogens with zero attached hydrogens (tertiary/aromatic N) is 5. The number of rotatable bonds is 3. The molecule has 0 saturated carbocycles. The number of anilines is 1. The van der Waals surface area contributed by atoms with E-state index in [2.05, 4.69) is 30.1 Å². The van der Waals surface area contributed by atoms with Gasteiger partial charge >= 0.3 is 12.1 Å². The van der Waals surface area contributed by atoms with E-state index in [-0.39, 0.29) is 0 Å². The van der Waals surface area contributed by atoms with E-state index in [0.717, 1.165) is 25.6 Å². The molecular formula is C18H22F3N5O2S. The molecule has 1 N–H and O–H groups in total. The summed E-state index contributed by atoms with van der Waals surface area (Å²) in [7, 11) is 0. The number of hydrogen-bond donors (Lipinski definition) is 1. The number of carboxylic acids is 1. The van der Waals surface area contributed by atoms with E-state index in [1.807, 2.05) is 24.7 Å². The standard InChI is InChI=1S/C16H21N5S.C2HF3O2/c1-5-18-15(19-6-1)21-9-3-16(4-10-21)2-8-20(13-16)12-14-17-7-11-22-14;3-2(4,5)1(6)7/h1,5-7,11H,2-4,8-10,12-13H2;(H,6,7). The molecule has 158 valence electrons. The van der Waals surface area contributed by atoms with Crippen molar-refractivity contribution in [3.63, 3.8) is 0 Å². The van der Waals surface area contributed by atoms with Crippen molar-refractivity contribution in [2.24, 2.45) is 5.41 Å². The number of thiazole rings is 1. The lowest BCUT2D eigenvalue weighted by atomic mass is 9.78. The molecule has 0 aromatic carbocycles. The van der Waals surface area contributed by atoms with E-state index >= 15 is 0 Å². The molecule has 0 radical (unpaired) electrons. The predicted molar refractivity (Wildman–Crippen MR) is 102 cm³/mol. The van der Waals surface area contributed by atoms with Crippen LogP contribution in [0.3, 0.4) is 0 Å². The largest absolute Gasteiger partial charge is 0.490 e. The predicted octanol–water partition coefficient (Wildman–Crippen LogP) is 3.06. The molecule has 4 heterocycles. The Morgan fingerprint density at radius 2 is 1.72 bits per heavy atom. The van der Waals surface area contributed by atoms with E-state index in [9.17, 15) is 13.2 Å². The summed E-state index contributed by atoms with van der Waals surface area (Å²) in [5.41, 5.74) is 0.503. The second-order valence-corrected chi connectivity index (χ2v) is 8.20. The normalized spacial score (nSPS) is 19.1. The van der Waals surface area contributed by atoms with Gasteiger partial charge in [0.2, 0.25) is 5.95 Å². The molecule has 2 fully saturated rings. The fourth-order valence-electron chi connectivity index (χ4n) is 3.73. The summed E-state index contributed by atoms with van der Waals surface area (Å²) in [5.74, 6) is -1.87. The molecular weight excluding hydrogens is 407 g/mol. The number of carbonyl (C=O) groups is 1. The van der Waals surface area contributed by atoms with Crippen molar-refractivity contribution in [3.8, 4) is 0 Å². The lowest BCUT2D eigenvalue weighted by Gasteiger charge is -2.39. The van der Waals surface area contributed by atoms with Crippen LogP contribution >= 0.6 is 11.3 Å². The average molecular weight is 429 g/mol. The lowest BCUT2D eigenvalue weighted by molar-refractivity contribution is -0.192. The third kappa shape index (κ3) is 5.86. The van der Waals surface area contributed by atoms with Gasteiger partial charge in [-0.1, -0.05) is 0 Å². The van der Waals surface area contributed by atoms with Gasteiger partial charge in [0.05, 0.1) is 6.54 Å². The number of alkyl halides is 3. The van der Waals surface area contributed by atoms with Crippen molar-refractivity contribution < 1.29 is 23.1 Å². The molecule has 29 heavy (non-hydrogen) atoms. The number of piperidine rings is 1. The zero-order valence-corrected chi connectivity index (χ0v) is 16.5. The smallest absolute Gasteiger partial charge is 0.475 e. The van der Waals surface area contributed by atoms with Crippen LogP contribution in [0, 0.1) is 5.41 Å². The Morgan fingerprint density at radius 1 is 1.10 bits per heavy atom. The van der Waals surface area contributed by atoms with Crippen molar-refractivity contribution in [2.45, 2.75) is 32.0 Å². The third-order valence-corrected chi connectivity index (χ3v) is 6.03. The molecule has 2 aromatic heterocycles. The van der Waals surface area contributed by atoms with Crippen LogP contribution in [0.1, 0.15) is 24.3 Å². The number of halogens is 3. The molecule has 0 unspecified atom stereocenters. The van der Waals surface area contributed by atoms with Crippen LogP contribution in [0.2, 0.25) is 0 Å². The van der Waals surface area contributed by atoms with E-state index < -0.39 is 12.1 Å². The quantitative estimate of drug-likeness (QED) is 0.803. The highest BCUT2D eigenvalue weighted by molar-refractivity contribution is 7.09. The summed E-state index contributed by atoms with van der Waals surface area (Å²) >= 11 is 1.76. The van der Waals surface area contributed by atoms with Gasteiger partial charge in [-0.2, -0.15) is 13.2 Å². The maximum absolute atomic E-state index is 10.6. The highest BCUT2D eigenvalue weighted by atomic mass is 32.1. The monoisotopic (exact) mass is 429 g/mol. The number of carboxylic acid groups (broad SMARTS) is 1. The van der Waals surface area contributed by atoms with Crippen LogP contribution in [0.4, 0.5) is 19.1 Å². The van der Waals surface area contributed by atoms with Gasteiger partial charge in [-0.3, -0.25) is 4.90 Å². The fraction of sp³-hybridized carbons (Fsp3) is 0.556. The minimum atomic E-state index is -5.08. The van der Waals surface area contributed by atoms with E-state index in [4.69, 9.17) is 9.90 Å². The summed E-state index contributed by atoms with van der Waals surface area (Å²) < 4.78 is 31.7. The highest BCUT2D eigenvalue weighted by Crippen LogP contribution is 2.41. The van der Waals surface area contributed by atoms with Gasteiger partial charge in [-0.15, -0.1) is 11.3 Å². The van der Waals surface area contributed by atoms with Gasteiger partial charge in [-0.25, -0.2) is 19.7 Å². The molecule has 2 aromatic rings. The lowest BCUT2D eigenvalue weighted by Crippen LogP contribution is -2.42. The Morgan fingerprint density at radius 3 is 2.28 bits per heavy atom. The fourth-order valence-corrected chi connectivity index (χ4v) is 4.39. The van der Waals surface area contributed by atoms with Crippen LogP contribution in [0.5, 0.6) is 0 Å². The number of aromatic nitrogens is 3. The van der Waals surface area contributed by atoms with Gasteiger partial charge in [-0.05, 0) is 37.3 Å². The van der Waals surface area contributed by atoms with Crippen LogP contribution in [-0.2, 0) is 11.3 Å². The molecule has 1 spiro atoms. The zero-order valence-electron chi connectivity index (χ0n) is 15.7. The van der Waals surface area contributed by atoms with Gasteiger partial charge in [0.15, 0.2) is 0 Å². The maximum atomic E-state index is 10.6. The first kappa shape index (κ1) is 21.4. The summed E-state index contributed by atoms with van der Waals surface area (Å²) in [5, 5.41) is 10.4. The van der Waals surface area contributed by atoms with Gasteiger partial charge in [0.1, 0.15) is 5.01 Å². The molecule has 4 rings (SSSR count). The van der Waals surface area contributed by atoms with Crippen molar-refractivity contribution in [1.82, 2.24) is 19.9 Å². The van der Waals surface area contributed by atoms with Crippen LogP contribution in [0.15, 0.2) is 30.0 Å². The summed E-state index contributed by atoms with van der Waals surface area (Å²) in [6.45, 7) is 5.60. The average Bonchev–Trinajstić information content (AvgIpc) is 3.34. The first-order valence-corrected chi connectivity index (χ1v) is 10.1. The maximum Gasteiger partial charge on any atom is 0.490 e. The van der Waals surface area contributed by atoms with E-state index in [1.54, 1.807) is 11.3 Å².